The van der Waals surface area contributed by atoms with E-state index in [1.807, 2.05) is 12.1 Å². The van der Waals surface area contributed by atoms with Crippen LogP contribution in [0.1, 0.15) is 17.2 Å². The number of benzene rings is 2. The van der Waals surface area contributed by atoms with E-state index in [-0.39, 0.29) is 11.7 Å². The molecule has 1 unspecified atom stereocenters. The van der Waals surface area contributed by atoms with Crippen LogP contribution < -0.4 is 10.6 Å². The van der Waals surface area contributed by atoms with Crippen molar-refractivity contribution in [3.05, 3.63) is 64.4 Å². The van der Waals surface area contributed by atoms with Crippen molar-refractivity contribution in [3.63, 3.8) is 0 Å². The monoisotopic (exact) mass is 290 g/mol. The first kappa shape index (κ1) is 13.1. The van der Waals surface area contributed by atoms with Gasteiger partial charge in [0.1, 0.15) is 11.9 Å². The van der Waals surface area contributed by atoms with Crippen LogP contribution in [0.4, 0.5) is 10.1 Å². The Balaban J connectivity index is 1.98. The van der Waals surface area contributed by atoms with Crippen molar-refractivity contribution in [2.45, 2.75) is 12.6 Å². The van der Waals surface area contributed by atoms with E-state index in [0.717, 1.165) is 5.56 Å². The predicted octanol–water partition coefficient (Wildman–Crippen LogP) is 3.03. The molecular formula is C15H12ClFN2O. The van der Waals surface area contributed by atoms with Gasteiger partial charge in [-0.1, -0.05) is 29.8 Å². The number of carbonyl (C=O) groups is 1. The second-order valence-electron chi connectivity index (χ2n) is 4.74. The molecule has 0 aliphatic carbocycles. The van der Waals surface area contributed by atoms with Gasteiger partial charge in [0.25, 0.3) is 0 Å². The minimum Gasteiger partial charge on any atom is -0.316 e. The highest BCUT2D eigenvalue weighted by molar-refractivity contribution is 6.30. The molecule has 0 fully saturated rings. The number of rotatable bonds is 2. The number of halogens is 2. The number of nitrogens with zero attached hydrogens (tertiary/aromatic N) is 1. The molecule has 2 N–H and O–H groups in total. The molecule has 0 bridgehead atoms. The van der Waals surface area contributed by atoms with E-state index >= 15 is 0 Å². The summed E-state index contributed by atoms with van der Waals surface area (Å²) in [6.45, 7) is 0.323. The first-order chi connectivity index (χ1) is 9.56. The van der Waals surface area contributed by atoms with Crippen molar-refractivity contribution >= 4 is 23.2 Å². The molecule has 1 heterocycles. The molecule has 0 aromatic heterocycles. The van der Waals surface area contributed by atoms with E-state index < -0.39 is 6.04 Å². The third-order valence-electron chi connectivity index (χ3n) is 3.38. The van der Waals surface area contributed by atoms with Gasteiger partial charge in [0.05, 0.1) is 12.2 Å². The molecule has 0 saturated heterocycles. The number of carbonyl (C=O) groups excluding carboxylic acids is 1. The molecule has 1 amide bonds. The molecule has 1 aliphatic heterocycles. The van der Waals surface area contributed by atoms with Crippen molar-refractivity contribution in [2.75, 3.05) is 4.90 Å². The van der Waals surface area contributed by atoms with Crippen LogP contribution in [-0.2, 0) is 11.3 Å². The van der Waals surface area contributed by atoms with Gasteiger partial charge >= 0.3 is 0 Å². The van der Waals surface area contributed by atoms with E-state index in [2.05, 4.69) is 0 Å². The van der Waals surface area contributed by atoms with Gasteiger partial charge in [-0.2, -0.15) is 0 Å². The number of nitrogens with two attached hydrogens (primary N) is 1. The van der Waals surface area contributed by atoms with Gasteiger partial charge in [0, 0.05) is 10.6 Å². The molecule has 20 heavy (non-hydrogen) atoms. The van der Waals surface area contributed by atoms with Crippen LogP contribution in [-0.4, -0.2) is 5.91 Å². The lowest BCUT2D eigenvalue weighted by atomic mass is 10.1. The topological polar surface area (TPSA) is 46.3 Å². The van der Waals surface area contributed by atoms with E-state index in [4.69, 9.17) is 17.3 Å². The van der Waals surface area contributed by atoms with Gasteiger partial charge in [-0.05, 0) is 29.8 Å². The summed E-state index contributed by atoms with van der Waals surface area (Å²) >= 11 is 5.93. The third-order valence-corrected chi connectivity index (χ3v) is 3.62. The van der Waals surface area contributed by atoms with Crippen LogP contribution >= 0.6 is 11.6 Å². The lowest BCUT2D eigenvalue weighted by Gasteiger charge is -2.18. The fraction of sp³-hybridized carbons (Fsp3) is 0.133. The van der Waals surface area contributed by atoms with Crippen LogP contribution in [0.15, 0.2) is 42.5 Å². The molecule has 2 aromatic rings. The SMILES string of the molecule is NC1C(=O)N(Cc2cccc(Cl)c2)c2cc(F)ccc21. The van der Waals surface area contributed by atoms with Gasteiger partial charge in [-0.25, -0.2) is 4.39 Å². The Labute approximate surface area is 120 Å². The molecular weight excluding hydrogens is 279 g/mol. The molecule has 2 aromatic carbocycles. The van der Waals surface area contributed by atoms with Crippen LogP contribution in [0.5, 0.6) is 0 Å². The fourth-order valence-corrected chi connectivity index (χ4v) is 2.63. The van der Waals surface area contributed by atoms with Crippen molar-refractivity contribution in [2.24, 2.45) is 5.73 Å². The zero-order valence-corrected chi connectivity index (χ0v) is 11.3. The van der Waals surface area contributed by atoms with E-state index in [1.54, 1.807) is 18.2 Å². The summed E-state index contributed by atoms with van der Waals surface area (Å²) in [5, 5.41) is 0.595. The lowest BCUT2D eigenvalue weighted by molar-refractivity contribution is -0.119. The first-order valence-corrected chi connectivity index (χ1v) is 6.55. The molecule has 1 aliphatic rings. The van der Waals surface area contributed by atoms with Crippen molar-refractivity contribution in [1.82, 2.24) is 0 Å². The van der Waals surface area contributed by atoms with Crippen LogP contribution in [0, 0.1) is 5.82 Å². The van der Waals surface area contributed by atoms with Crippen molar-refractivity contribution in [1.29, 1.82) is 0 Å². The van der Waals surface area contributed by atoms with Crippen molar-refractivity contribution in [3.8, 4) is 0 Å². The normalized spacial score (nSPS) is 17.4. The minimum absolute atomic E-state index is 0.231. The zero-order chi connectivity index (χ0) is 14.3. The van der Waals surface area contributed by atoms with Crippen LogP contribution in [0.3, 0.4) is 0 Å². The molecule has 3 nitrogen and oxygen atoms in total. The molecule has 102 valence electrons. The number of hydrogen-bond donors (Lipinski definition) is 1. The van der Waals surface area contributed by atoms with Gasteiger partial charge in [-0.3, -0.25) is 4.79 Å². The van der Waals surface area contributed by atoms with E-state index in [0.29, 0.717) is 22.8 Å². The molecule has 1 atom stereocenters. The minimum atomic E-state index is -0.732. The molecule has 0 spiro atoms. The Hall–Kier alpha value is -1.91. The summed E-state index contributed by atoms with van der Waals surface area (Å²) in [6, 6.07) is 10.7. The van der Waals surface area contributed by atoms with Gasteiger partial charge in [-0.15, -0.1) is 0 Å². The second kappa shape index (κ2) is 4.89. The standard InChI is InChI=1S/C15H12ClFN2O/c16-10-3-1-2-9(6-10)8-19-13-7-11(17)4-5-12(13)14(18)15(19)20/h1-7,14H,8,18H2. The molecule has 0 radical (unpaired) electrons. The lowest BCUT2D eigenvalue weighted by Crippen LogP contribution is -2.31. The third kappa shape index (κ3) is 2.17. The summed E-state index contributed by atoms with van der Waals surface area (Å²) in [5.74, 6) is -0.618. The maximum atomic E-state index is 13.4. The number of amides is 1. The maximum Gasteiger partial charge on any atom is 0.248 e. The fourth-order valence-electron chi connectivity index (χ4n) is 2.41. The van der Waals surface area contributed by atoms with Gasteiger partial charge in [0.15, 0.2) is 0 Å². The largest absolute Gasteiger partial charge is 0.316 e. The number of hydrogen-bond acceptors (Lipinski definition) is 2. The number of anilines is 1. The number of fused-ring (bicyclic) bond motifs is 1. The van der Waals surface area contributed by atoms with Crippen LogP contribution in [0.2, 0.25) is 5.02 Å². The first-order valence-electron chi connectivity index (χ1n) is 6.17. The molecule has 3 rings (SSSR count). The Morgan fingerprint density at radius 3 is 2.80 bits per heavy atom. The Morgan fingerprint density at radius 1 is 1.25 bits per heavy atom. The second-order valence-corrected chi connectivity index (χ2v) is 5.17. The smallest absolute Gasteiger partial charge is 0.248 e. The molecule has 0 saturated carbocycles. The predicted molar refractivity (Wildman–Crippen MR) is 76.0 cm³/mol. The summed E-state index contributed by atoms with van der Waals surface area (Å²) in [6.07, 6.45) is 0. The molecule has 5 heteroatoms. The van der Waals surface area contributed by atoms with Gasteiger partial charge < -0.3 is 10.6 Å². The van der Waals surface area contributed by atoms with E-state index in [1.165, 1.54) is 17.0 Å². The van der Waals surface area contributed by atoms with Crippen LogP contribution in [0.25, 0.3) is 0 Å². The average molecular weight is 291 g/mol. The average Bonchev–Trinajstić information content (AvgIpc) is 2.64. The summed E-state index contributed by atoms with van der Waals surface area (Å²) in [4.78, 5) is 13.7. The summed E-state index contributed by atoms with van der Waals surface area (Å²) in [5.41, 5.74) is 7.93. The quantitative estimate of drug-likeness (QED) is 0.924. The Kier molecular flexibility index (Phi) is 3.20. The highest BCUT2D eigenvalue weighted by atomic mass is 35.5. The maximum absolute atomic E-state index is 13.4. The Bertz CT molecular complexity index is 689. The van der Waals surface area contributed by atoms with Gasteiger partial charge in [0.2, 0.25) is 5.91 Å². The summed E-state index contributed by atoms with van der Waals surface area (Å²) < 4.78 is 13.4. The Morgan fingerprint density at radius 2 is 2.05 bits per heavy atom. The zero-order valence-electron chi connectivity index (χ0n) is 10.5. The van der Waals surface area contributed by atoms with E-state index in [9.17, 15) is 9.18 Å². The highest BCUT2D eigenvalue weighted by Crippen LogP contribution is 2.36. The summed E-state index contributed by atoms with van der Waals surface area (Å²) in [7, 11) is 0. The van der Waals surface area contributed by atoms with Crippen molar-refractivity contribution < 1.29 is 9.18 Å². The highest BCUT2D eigenvalue weighted by Gasteiger charge is 2.34.